The lowest BCUT2D eigenvalue weighted by Crippen LogP contribution is -2.19. The molecule has 1 aromatic heterocycles. The summed E-state index contributed by atoms with van der Waals surface area (Å²) < 4.78 is 27.1. The quantitative estimate of drug-likeness (QED) is 0.940. The van der Waals surface area contributed by atoms with Gasteiger partial charge in [-0.3, -0.25) is 0 Å². The number of halogens is 2. The van der Waals surface area contributed by atoms with Gasteiger partial charge >= 0.3 is 0 Å². The molecule has 110 valence electrons. The molecule has 0 aliphatic carbocycles. The standard InChI is InChI=1S/C15H16F2N4/c16-12-4-3-5-13(17)11(12)9-18-14-8-15(20-10-19-14)21-6-1-2-7-21/h3-5,8,10H,1-2,6-7,9H2,(H,18,19,20). The summed E-state index contributed by atoms with van der Waals surface area (Å²) >= 11 is 0. The Morgan fingerprint density at radius 1 is 1.10 bits per heavy atom. The molecular formula is C15H16F2N4. The topological polar surface area (TPSA) is 41.0 Å². The SMILES string of the molecule is Fc1cccc(F)c1CNc1cc(N2CCCC2)ncn1. The largest absolute Gasteiger partial charge is 0.366 e. The minimum Gasteiger partial charge on any atom is -0.366 e. The predicted molar refractivity (Wildman–Crippen MR) is 77.2 cm³/mol. The zero-order valence-corrected chi connectivity index (χ0v) is 11.5. The summed E-state index contributed by atoms with van der Waals surface area (Å²) in [5.41, 5.74) is 0.0128. The van der Waals surface area contributed by atoms with Crippen LogP contribution in [0.4, 0.5) is 20.4 Å². The van der Waals surface area contributed by atoms with E-state index in [2.05, 4.69) is 20.2 Å². The molecule has 1 N–H and O–H groups in total. The number of aromatic nitrogens is 2. The Morgan fingerprint density at radius 2 is 1.81 bits per heavy atom. The zero-order valence-electron chi connectivity index (χ0n) is 11.5. The smallest absolute Gasteiger partial charge is 0.134 e. The Kier molecular flexibility index (Phi) is 3.94. The van der Waals surface area contributed by atoms with Crippen LogP contribution in [0.25, 0.3) is 0 Å². The molecule has 6 heteroatoms. The van der Waals surface area contributed by atoms with Gasteiger partial charge in [0.05, 0.1) is 0 Å². The van der Waals surface area contributed by atoms with E-state index in [-0.39, 0.29) is 12.1 Å². The molecule has 1 fully saturated rings. The first-order chi connectivity index (χ1) is 10.2. The second-order valence-corrected chi connectivity index (χ2v) is 5.01. The molecule has 0 spiro atoms. The Morgan fingerprint density at radius 3 is 2.52 bits per heavy atom. The van der Waals surface area contributed by atoms with E-state index in [1.165, 1.54) is 24.5 Å². The number of hydrogen-bond acceptors (Lipinski definition) is 4. The molecule has 2 aromatic rings. The van der Waals surface area contributed by atoms with E-state index in [0.717, 1.165) is 31.7 Å². The molecule has 4 nitrogen and oxygen atoms in total. The van der Waals surface area contributed by atoms with Crippen molar-refractivity contribution >= 4 is 11.6 Å². The van der Waals surface area contributed by atoms with Crippen LogP contribution in [-0.2, 0) is 6.54 Å². The normalized spacial score (nSPS) is 14.5. The number of anilines is 2. The summed E-state index contributed by atoms with van der Waals surface area (Å²) in [5, 5.41) is 2.95. The highest BCUT2D eigenvalue weighted by Crippen LogP contribution is 2.20. The van der Waals surface area contributed by atoms with E-state index in [0.29, 0.717) is 5.82 Å². The second-order valence-electron chi connectivity index (χ2n) is 5.01. The highest BCUT2D eigenvalue weighted by molar-refractivity contribution is 5.49. The molecule has 0 atom stereocenters. The molecule has 0 amide bonds. The van der Waals surface area contributed by atoms with Crippen molar-refractivity contribution in [2.24, 2.45) is 0 Å². The first-order valence-corrected chi connectivity index (χ1v) is 6.98. The molecule has 2 heterocycles. The Balaban J connectivity index is 1.72. The number of benzene rings is 1. The molecule has 21 heavy (non-hydrogen) atoms. The fourth-order valence-electron chi connectivity index (χ4n) is 2.44. The summed E-state index contributed by atoms with van der Waals surface area (Å²) in [6.07, 6.45) is 3.79. The summed E-state index contributed by atoms with van der Waals surface area (Å²) in [6.45, 7) is 2.02. The Bertz CT molecular complexity index is 607. The molecule has 3 rings (SSSR count). The lowest BCUT2D eigenvalue weighted by molar-refractivity contribution is 0.560. The highest BCUT2D eigenvalue weighted by atomic mass is 19.1. The van der Waals surface area contributed by atoms with Crippen molar-refractivity contribution in [1.29, 1.82) is 0 Å². The summed E-state index contributed by atoms with van der Waals surface area (Å²) in [7, 11) is 0. The maximum atomic E-state index is 13.6. The van der Waals surface area contributed by atoms with Gasteiger partial charge in [0.15, 0.2) is 0 Å². The molecule has 0 saturated carbocycles. The molecule has 1 aliphatic rings. The van der Waals surface area contributed by atoms with Crippen molar-refractivity contribution in [3.8, 4) is 0 Å². The third kappa shape index (κ3) is 3.09. The van der Waals surface area contributed by atoms with Gasteiger partial charge in [-0.1, -0.05) is 6.07 Å². The van der Waals surface area contributed by atoms with Crippen LogP contribution >= 0.6 is 0 Å². The van der Waals surface area contributed by atoms with Crippen molar-refractivity contribution < 1.29 is 8.78 Å². The van der Waals surface area contributed by atoms with E-state index >= 15 is 0 Å². The average molecular weight is 290 g/mol. The first kappa shape index (κ1) is 13.7. The number of rotatable bonds is 4. The van der Waals surface area contributed by atoms with Gasteiger partial charge in [-0.25, -0.2) is 18.7 Å². The van der Waals surface area contributed by atoms with E-state index < -0.39 is 11.6 Å². The minimum absolute atomic E-state index is 0.0128. The molecule has 0 bridgehead atoms. The highest BCUT2D eigenvalue weighted by Gasteiger charge is 2.14. The van der Waals surface area contributed by atoms with E-state index in [1.54, 1.807) is 0 Å². The second kappa shape index (κ2) is 6.03. The van der Waals surface area contributed by atoms with Crippen molar-refractivity contribution in [3.63, 3.8) is 0 Å². The Hall–Kier alpha value is -2.24. The lowest BCUT2D eigenvalue weighted by atomic mass is 10.2. The van der Waals surface area contributed by atoms with Crippen LogP contribution in [0.2, 0.25) is 0 Å². The summed E-state index contributed by atoms with van der Waals surface area (Å²) in [4.78, 5) is 10.5. The lowest BCUT2D eigenvalue weighted by Gasteiger charge is -2.16. The van der Waals surface area contributed by atoms with E-state index in [1.807, 2.05) is 6.07 Å². The Labute approximate surface area is 121 Å². The monoisotopic (exact) mass is 290 g/mol. The first-order valence-electron chi connectivity index (χ1n) is 6.98. The number of nitrogens with one attached hydrogen (secondary N) is 1. The van der Waals surface area contributed by atoms with Gasteiger partial charge in [0, 0.05) is 31.3 Å². The summed E-state index contributed by atoms with van der Waals surface area (Å²) in [5.74, 6) is 0.293. The van der Waals surface area contributed by atoms with Crippen molar-refractivity contribution in [2.45, 2.75) is 19.4 Å². The van der Waals surface area contributed by atoms with Gasteiger partial charge in [0.2, 0.25) is 0 Å². The van der Waals surface area contributed by atoms with Crippen molar-refractivity contribution in [3.05, 3.63) is 47.8 Å². The molecule has 1 aromatic carbocycles. The number of nitrogens with zero attached hydrogens (tertiary/aromatic N) is 3. The third-order valence-corrected chi connectivity index (χ3v) is 3.59. The molecule has 1 aliphatic heterocycles. The fraction of sp³-hybridized carbons (Fsp3) is 0.333. The average Bonchev–Trinajstić information content (AvgIpc) is 3.01. The third-order valence-electron chi connectivity index (χ3n) is 3.59. The molecule has 0 radical (unpaired) electrons. The van der Waals surface area contributed by atoms with Gasteiger partial charge in [0.1, 0.15) is 29.6 Å². The number of hydrogen-bond donors (Lipinski definition) is 1. The van der Waals surface area contributed by atoms with Crippen LogP contribution in [0.1, 0.15) is 18.4 Å². The van der Waals surface area contributed by atoms with Crippen molar-refractivity contribution in [2.75, 3.05) is 23.3 Å². The van der Waals surface area contributed by atoms with Gasteiger partial charge in [-0.05, 0) is 25.0 Å². The molecular weight excluding hydrogens is 274 g/mol. The van der Waals surface area contributed by atoms with Gasteiger partial charge in [-0.2, -0.15) is 0 Å². The van der Waals surface area contributed by atoms with Crippen LogP contribution in [0.5, 0.6) is 0 Å². The molecule has 1 saturated heterocycles. The van der Waals surface area contributed by atoms with Crippen LogP contribution < -0.4 is 10.2 Å². The van der Waals surface area contributed by atoms with Crippen LogP contribution in [-0.4, -0.2) is 23.1 Å². The van der Waals surface area contributed by atoms with Gasteiger partial charge in [-0.15, -0.1) is 0 Å². The predicted octanol–water partition coefficient (Wildman–Crippen LogP) is 2.97. The van der Waals surface area contributed by atoms with Crippen LogP contribution in [0.3, 0.4) is 0 Å². The maximum Gasteiger partial charge on any atom is 0.134 e. The van der Waals surface area contributed by atoms with Gasteiger partial charge < -0.3 is 10.2 Å². The van der Waals surface area contributed by atoms with Gasteiger partial charge in [0.25, 0.3) is 0 Å². The molecule has 0 unspecified atom stereocenters. The fourth-order valence-corrected chi connectivity index (χ4v) is 2.44. The summed E-state index contributed by atoms with van der Waals surface area (Å²) in [6, 6.07) is 5.65. The van der Waals surface area contributed by atoms with E-state index in [9.17, 15) is 8.78 Å². The van der Waals surface area contributed by atoms with E-state index in [4.69, 9.17) is 0 Å². The minimum atomic E-state index is -0.559. The maximum absolute atomic E-state index is 13.6. The van der Waals surface area contributed by atoms with Crippen molar-refractivity contribution in [1.82, 2.24) is 9.97 Å². The van der Waals surface area contributed by atoms with Crippen LogP contribution in [0, 0.1) is 11.6 Å². The van der Waals surface area contributed by atoms with Crippen LogP contribution in [0.15, 0.2) is 30.6 Å². The zero-order chi connectivity index (χ0) is 14.7.